The second-order valence-corrected chi connectivity index (χ2v) is 7.74. The van der Waals surface area contributed by atoms with Gasteiger partial charge in [0.1, 0.15) is 5.75 Å². The van der Waals surface area contributed by atoms with Crippen LogP contribution < -0.4 is 10.1 Å². The Balaban J connectivity index is 1.24. The fourth-order valence-corrected chi connectivity index (χ4v) is 3.80. The van der Waals surface area contributed by atoms with Crippen LogP contribution >= 0.6 is 0 Å². The summed E-state index contributed by atoms with van der Waals surface area (Å²) in [6.07, 6.45) is 2.36. The third kappa shape index (κ3) is 5.15. The second kappa shape index (κ2) is 9.09. The number of ether oxygens (including phenoxy) is 1. The molecule has 1 N–H and O–H groups in total. The van der Waals surface area contributed by atoms with Crippen LogP contribution in [0.15, 0.2) is 53.1 Å². The summed E-state index contributed by atoms with van der Waals surface area (Å²) in [5.41, 5.74) is 3.64. The van der Waals surface area contributed by atoms with E-state index < -0.39 is 0 Å². The van der Waals surface area contributed by atoms with Gasteiger partial charge in [-0.3, -0.25) is 4.90 Å². The van der Waals surface area contributed by atoms with E-state index in [1.165, 1.54) is 24.0 Å². The Bertz CT molecular complexity index is 915. The number of nitrogens with one attached hydrogen (secondary N) is 1. The molecular weight excluding hydrogens is 364 g/mol. The summed E-state index contributed by atoms with van der Waals surface area (Å²) in [6, 6.07) is 16.9. The van der Waals surface area contributed by atoms with Crippen molar-refractivity contribution in [2.24, 2.45) is 5.92 Å². The number of anilines is 1. The van der Waals surface area contributed by atoms with E-state index in [1.54, 1.807) is 7.11 Å². The molecule has 1 saturated heterocycles. The maximum atomic E-state index is 5.36. The van der Waals surface area contributed by atoms with E-state index in [2.05, 4.69) is 51.5 Å². The highest BCUT2D eigenvalue weighted by atomic mass is 16.5. The van der Waals surface area contributed by atoms with Crippen LogP contribution in [0.4, 0.5) is 6.01 Å². The van der Waals surface area contributed by atoms with Gasteiger partial charge in [0, 0.05) is 18.7 Å². The first-order valence-electron chi connectivity index (χ1n) is 10.2. The van der Waals surface area contributed by atoms with Gasteiger partial charge in [-0.15, -0.1) is 0 Å². The number of hydrogen-bond donors (Lipinski definition) is 1. The van der Waals surface area contributed by atoms with E-state index in [9.17, 15) is 0 Å². The van der Waals surface area contributed by atoms with Crippen molar-refractivity contribution in [2.45, 2.75) is 26.3 Å². The molecule has 1 fully saturated rings. The highest BCUT2D eigenvalue weighted by Gasteiger charge is 2.20. The van der Waals surface area contributed by atoms with Gasteiger partial charge in [-0.05, 0) is 68.6 Å². The summed E-state index contributed by atoms with van der Waals surface area (Å²) >= 11 is 0. The maximum Gasteiger partial charge on any atom is 0.321 e. The molecule has 0 aliphatic carbocycles. The number of methoxy groups -OCH3 is 1. The SMILES string of the molecule is COc1ccc(-c2noc(NCC3CCN(Cc4cccc(C)c4)CC3)n2)cc1. The maximum absolute atomic E-state index is 5.36. The van der Waals surface area contributed by atoms with Gasteiger partial charge >= 0.3 is 6.01 Å². The minimum atomic E-state index is 0.484. The van der Waals surface area contributed by atoms with Crippen molar-refractivity contribution >= 4 is 6.01 Å². The molecule has 0 saturated carbocycles. The number of nitrogens with zero attached hydrogens (tertiary/aromatic N) is 3. The largest absolute Gasteiger partial charge is 0.497 e. The van der Waals surface area contributed by atoms with Gasteiger partial charge in [0.2, 0.25) is 5.82 Å². The molecule has 0 spiro atoms. The standard InChI is InChI=1S/C23H28N4O2/c1-17-4-3-5-19(14-17)16-27-12-10-18(11-13-27)15-24-23-25-22(26-29-23)20-6-8-21(28-2)9-7-20/h3-9,14,18H,10-13,15-16H2,1-2H3,(H,24,25,26). The molecule has 2 heterocycles. The average Bonchev–Trinajstić information content (AvgIpc) is 3.22. The fraction of sp³-hybridized carbons (Fsp3) is 0.391. The summed E-state index contributed by atoms with van der Waals surface area (Å²) in [7, 11) is 1.65. The minimum Gasteiger partial charge on any atom is -0.497 e. The summed E-state index contributed by atoms with van der Waals surface area (Å²) in [6.45, 7) is 6.31. The molecule has 1 aliphatic heterocycles. The highest BCUT2D eigenvalue weighted by Crippen LogP contribution is 2.23. The zero-order valence-corrected chi connectivity index (χ0v) is 17.1. The normalized spacial score (nSPS) is 15.4. The van der Waals surface area contributed by atoms with Crippen molar-refractivity contribution in [3.8, 4) is 17.1 Å². The average molecular weight is 393 g/mol. The number of aromatic nitrogens is 2. The van der Waals surface area contributed by atoms with Crippen LogP contribution in [0.25, 0.3) is 11.4 Å². The fourth-order valence-electron chi connectivity index (χ4n) is 3.80. The van der Waals surface area contributed by atoms with Gasteiger partial charge in [0.25, 0.3) is 0 Å². The molecule has 2 aromatic carbocycles. The molecule has 6 heteroatoms. The van der Waals surface area contributed by atoms with Crippen molar-refractivity contribution in [1.82, 2.24) is 15.0 Å². The monoisotopic (exact) mass is 392 g/mol. The molecule has 152 valence electrons. The van der Waals surface area contributed by atoms with E-state index in [4.69, 9.17) is 9.26 Å². The van der Waals surface area contributed by atoms with Gasteiger partial charge in [-0.25, -0.2) is 0 Å². The molecule has 6 nitrogen and oxygen atoms in total. The molecule has 1 aliphatic rings. The van der Waals surface area contributed by atoms with Crippen LogP contribution in [0.1, 0.15) is 24.0 Å². The molecule has 0 bridgehead atoms. The molecule has 0 radical (unpaired) electrons. The molecular formula is C23H28N4O2. The van der Waals surface area contributed by atoms with Crippen molar-refractivity contribution in [3.05, 3.63) is 59.7 Å². The third-order valence-corrected chi connectivity index (χ3v) is 5.51. The van der Waals surface area contributed by atoms with E-state index in [1.807, 2.05) is 24.3 Å². The molecule has 0 atom stereocenters. The third-order valence-electron chi connectivity index (χ3n) is 5.51. The first-order valence-corrected chi connectivity index (χ1v) is 10.2. The Hall–Kier alpha value is -2.86. The summed E-state index contributed by atoms with van der Waals surface area (Å²) in [5.74, 6) is 2.02. The predicted octanol–water partition coefficient (Wildman–Crippen LogP) is 4.38. The topological polar surface area (TPSA) is 63.4 Å². The van der Waals surface area contributed by atoms with Gasteiger partial charge < -0.3 is 14.6 Å². The lowest BCUT2D eigenvalue weighted by Crippen LogP contribution is -2.35. The zero-order chi connectivity index (χ0) is 20.1. The van der Waals surface area contributed by atoms with Crippen molar-refractivity contribution < 1.29 is 9.26 Å². The van der Waals surface area contributed by atoms with Gasteiger partial charge in [0.15, 0.2) is 0 Å². The number of benzene rings is 2. The van der Waals surface area contributed by atoms with Gasteiger partial charge in [-0.2, -0.15) is 4.98 Å². The smallest absolute Gasteiger partial charge is 0.321 e. The van der Waals surface area contributed by atoms with Crippen LogP contribution in [0.3, 0.4) is 0 Å². The number of rotatable bonds is 7. The number of aryl methyl sites for hydroxylation is 1. The zero-order valence-electron chi connectivity index (χ0n) is 17.1. The van der Waals surface area contributed by atoms with Crippen LogP contribution in [0.5, 0.6) is 5.75 Å². The summed E-state index contributed by atoms with van der Waals surface area (Å²) < 4.78 is 10.5. The van der Waals surface area contributed by atoms with Crippen molar-refractivity contribution in [2.75, 3.05) is 32.1 Å². The first kappa shape index (κ1) is 19.5. The number of hydrogen-bond acceptors (Lipinski definition) is 6. The Morgan fingerprint density at radius 3 is 2.66 bits per heavy atom. The van der Waals surface area contributed by atoms with Crippen LogP contribution in [-0.4, -0.2) is 41.8 Å². The molecule has 1 aromatic heterocycles. The van der Waals surface area contributed by atoms with Crippen LogP contribution in [0.2, 0.25) is 0 Å². The van der Waals surface area contributed by atoms with Crippen LogP contribution in [0, 0.1) is 12.8 Å². The molecule has 3 aromatic rings. The second-order valence-electron chi connectivity index (χ2n) is 7.74. The van der Waals surface area contributed by atoms with E-state index in [-0.39, 0.29) is 0 Å². The van der Waals surface area contributed by atoms with E-state index in [0.717, 1.165) is 37.5 Å². The van der Waals surface area contributed by atoms with Gasteiger partial charge in [0.05, 0.1) is 7.11 Å². The number of piperidine rings is 1. The Kier molecular flexibility index (Phi) is 6.10. The number of likely N-dealkylation sites (tertiary alicyclic amines) is 1. The summed E-state index contributed by atoms with van der Waals surface area (Å²) in [4.78, 5) is 7.00. The Morgan fingerprint density at radius 2 is 1.93 bits per heavy atom. The van der Waals surface area contributed by atoms with Crippen molar-refractivity contribution in [1.29, 1.82) is 0 Å². The van der Waals surface area contributed by atoms with E-state index >= 15 is 0 Å². The summed E-state index contributed by atoms with van der Waals surface area (Å²) in [5, 5.41) is 7.39. The van der Waals surface area contributed by atoms with E-state index in [0.29, 0.717) is 17.8 Å². The molecule has 0 amide bonds. The predicted molar refractivity (Wildman–Crippen MR) is 114 cm³/mol. The van der Waals surface area contributed by atoms with Gasteiger partial charge in [-0.1, -0.05) is 35.0 Å². The van der Waals surface area contributed by atoms with Crippen molar-refractivity contribution in [3.63, 3.8) is 0 Å². The lowest BCUT2D eigenvalue weighted by atomic mass is 9.96. The highest BCUT2D eigenvalue weighted by molar-refractivity contribution is 5.56. The Labute approximate surface area is 171 Å². The lowest BCUT2D eigenvalue weighted by Gasteiger charge is -2.32. The minimum absolute atomic E-state index is 0.484. The first-order chi connectivity index (χ1) is 14.2. The molecule has 4 rings (SSSR count). The molecule has 0 unspecified atom stereocenters. The lowest BCUT2D eigenvalue weighted by molar-refractivity contribution is 0.182. The Morgan fingerprint density at radius 1 is 1.14 bits per heavy atom. The molecule has 29 heavy (non-hydrogen) atoms. The van der Waals surface area contributed by atoms with Crippen LogP contribution in [-0.2, 0) is 6.54 Å². The quantitative estimate of drug-likeness (QED) is 0.644.